The minimum Gasteiger partial charge on any atom is -0.485 e. The van der Waals surface area contributed by atoms with Crippen molar-refractivity contribution in [2.45, 2.75) is 44.4 Å². The highest BCUT2D eigenvalue weighted by Gasteiger charge is 2.35. The Morgan fingerprint density at radius 3 is 2.21 bits per heavy atom. The molecular formula is C28H25BrCl2F3NO4. The van der Waals surface area contributed by atoms with Gasteiger partial charge >= 0.3 is 12.1 Å². The number of nitrogens with one attached hydrogen (secondary N) is 1. The Balaban J connectivity index is 1.99. The number of carboxylic acid groups (broad SMARTS) is 1. The summed E-state index contributed by atoms with van der Waals surface area (Å²) in [5.74, 6) is -1.75. The zero-order valence-electron chi connectivity index (χ0n) is 20.7. The smallest absolute Gasteiger partial charge is 0.418 e. The number of carbonyl (C=O) groups excluding carboxylic acids is 1. The summed E-state index contributed by atoms with van der Waals surface area (Å²) in [6, 6.07) is 15.9. The second kappa shape index (κ2) is 13.5. The lowest BCUT2D eigenvalue weighted by Crippen LogP contribution is -2.26. The van der Waals surface area contributed by atoms with Crippen LogP contribution in [0.15, 0.2) is 65.1 Å². The van der Waals surface area contributed by atoms with E-state index < -0.39 is 34.7 Å². The highest BCUT2D eigenvalue weighted by Crippen LogP contribution is 2.44. The molecule has 0 heterocycles. The number of ether oxygens (including phenoxy) is 1. The molecule has 0 fully saturated rings. The van der Waals surface area contributed by atoms with Crippen molar-refractivity contribution in [2.75, 3.05) is 6.54 Å². The van der Waals surface area contributed by atoms with E-state index in [0.29, 0.717) is 22.6 Å². The molecule has 0 aromatic heterocycles. The lowest BCUT2D eigenvalue weighted by Gasteiger charge is -2.29. The van der Waals surface area contributed by atoms with Gasteiger partial charge in [0.05, 0.1) is 17.0 Å². The number of aliphatic carboxylic acids is 1. The van der Waals surface area contributed by atoms with Gasteiger partial charge in [0.1, 0.15) is 11.9 Å². The molecule has 1 amide bonds. The number of halogens is 6. The Morgan fingerprint density at radius 1 is 1.03 bits per heavy atom. The van der Waals surface area contributed by atoms with Gasteiger partial charge in [-0.15, -0.1) is 0 Å². The summed E-state index contributed by atoms with van der Waals surface area (Å²) in [4.78, 5) is 23.1. The monoisotopic (exact) mass is 645 g/mol. The van der Waals surface area contributed by atoms with E-state index in [1.807, 2.05) is 6.92 Å². The molecule has 0 aliphatic heterocycles. The van der Waals surface area contributed by atoms with Crippen LogP contribution in [0.25, 0.3) is 0 Å². The van der Waals surface area contributed by atoms with Gasteiger partial charge in [0.2, 0.25) is 0 Å². The molecule has 0 spiro atoms. The molecular weight excluding hydrogens is 622 g/mol. The maximum atomic E-state index is 13.6. The number of hydrogen-bond acceptors (Lipinski definition) is 3. The van der Waals surface area contributed by atoms with E-state index >= 15 is 0 Å². The summed E-state index contributed by atoms with van der Waals surface area (Å²) in [5.41, 5.74) is 0.837. The van der Waals surface area contributed by atoms with Crippen molar-refractivity contribution in [3.8, 4) is 5.75 Å². The minimum atomic E-state index is -4.68. The van der Waals surface area contributed by atoms with Gasteiger partial charge in [-0.05, 0) is 69.9 Å². The van der Waals surface area contributed by atoms with Crippen molar-refractivity contribution >= 4 is 51.0 Å². The molecule has 0 aliphatic rings. The molecule has 3 aromatic carbocycles. The molecule has 2 N–H and O–H groups in total. The van der Waals surface area contributed by atoms with Gasteiger partial charge in [-0.3, -0.25) is 9.59 Å². The third-order valence-corrected chi connectivity index (χ3v) is 7.47. The number of amides is 1. The van der Waals surface area contributed by atoms with Crippen LogP contribution in [-0.4, -0.2) is 23.5 Å². The first-order valence-electron chi connectivity index (χ1n) is 12.0. The van der Waals surface area contributed by atoms with Crippen LogP contribution in [-0.2, 0) is 11.0 Å². The van der Waals surface area contributed by atoms with Gasteiger partial charge in [0.15, 0.2) is 0 Å². The van der Waals surface area contributed by atoms with Crippen LogP contribution >= 0.6 is 39.1 Å². The Kier molecular flexibility index (Phi) is 10.7. The van der Waals surface area contributed by atoms with E-state index in [9.17, 15) is 22.8 Å². The van der Waals surface area contributed by atoms with Crippen molar-refractivity contribution in [2.24, 2.45) is 0 Å². The average molecular weight is 647 g/mol. The van der Waals surface area contributed by atoms with Gasteiger partial charge in [0.25, 0.3) is 5.91 Å². The maximum absolute atomic E-state index is 13.6. The van der Waals surface area contributed by atoms with Gasteiger partial charge in [-0.1, -0.05) is 60.8 Å². The normalized spacial score (nSPS) is 13.0. The molecule has 5 nitrogen and oxygen atoms in total. The largest absolute Gasteiger partial charge is 0.485 e. The Labute approximate surface area is 242 Å². The van der Waals surface area contributed by atoms with Crippen molar-refractivity contribution < 1.29 is 32.6 Å². The molecule has 0 aliphatic carbocycles. The van der Waals surface area contributed by atoms with Gasteiger partial charge in [-0.2, -0.15) is 13.2 Å². The fourth-order valence-electron chi connectivity index (χ4n) is 4.09. The summed E-state index contributed by atoms with van der Waals surface area (Å²) >= 11 is 15.1. The third-order valence-electron chi connectivity index (χ3n) is 5.96. The van der Waals surface area contributed by atoms with E-state index in [-0.39, 0.29) is 29.1 Å². The maximum Gasteiger partial charge on any atom is 0.418 e. The van der Waals surface area contributed by atoms with Crippen LogP contribution in [0.1, 0.15) is 65.3 Å². The number of rotatable bonds is 11. The molecule has 208 valence electrons. The lowest BCUT2D eigenvalue weighted by atomic mass is 9.85. The SMILES string of the molecule is CCCC(c1ccc(C(=O)NCCC(=O)O)cc1)C(Oc1cc(Br)c(Cl)c(C(F)(F)F)c1)c1ccc(Cl)cc1. The first kappa shape index (κ1) is 30.8. The van der Waals surface area contributed by atoms with E-state index in [1.54, 1.807) is 48.5 Å². The van der Waals surface area contributed by atoms with E-state index in [0.717, 1.165) is 18.1 Å². The van der Waals surface area contributed by atoms with Gasteiger partial charge in [0, 0.05) is 27.5 Å². The van der Waals surface area contributed by atoms with Crippen LogP contribution in [0.4, 0.5) is 13.2 Å². The van der Waals surface area contributed by atoms with E-state index in [4.69, 9.17) is 33.0 Å². The lowest BCUT2D eigenvalue weighted by molar-refractivity contribution is -0.138. The van der Waals surface area contributed by atoms with Crippen LogP contribution in [0.2, 0.25) is 10.0 Å². The molecule has 0 saturated heterocycles. The van der Waals surface area contributed by atoms with Crippen molar-refractivity contribution in [1.29, 1.82) is 0 Å². The molecule has 2 atom stereocenters. The summed E-state index contributed by atoms with van der Waals surface area (Å²) in [7, 11) is 0. The summed E-state index contributed by atoms with van der Waals surface area (Å²) < 4.78 is 47.2. The highest BCUT2D eigenvalue weighted by atomic mass is 79.9. The topological polar surface area (TPSA) is 75.6 Å². The predicted molar refractivity (Wildman–Crippen MR) is 148 cm³/mol. The van der Waals surface area contributed by atoms with E-state index in [2.05, 4.69) is 21.2 Å². The molecule has 3 rings (SSSR count). The van der Waals surface area contributed by atoms with Crippen LogP contribution in [0.5, 0.6) is 5.75 Å². The average Bonchev–Trinajstić information content (AvgIpc) is 2.88. The molecule has 3 aromatic rings. The molecule has 2 unspecified atom stereocenters. The first-order chi connectivity index (χ1) is 18.4. The van der Waals surface area contributed by atoms with Crippen LogP contribution < -0.4 is 10.1 Å². The molecule has 0 radical (unpaired) electrons. The fourth-order valence-corrected chi connectivity index (χ4v) is 4.87. The Hall–Kier alpha value is -2.75. The molecule has 11 heteroatoms. The summed E-state index contributed by atoms with van der Waals surface area (Å²) in [6.45, 7) is 1.98. The second-order valence-corrected chi connectivity index (χ2v) is 10.4. The molecule has 0 saturated carbocycles. The predicted octanol–water partition coefficient (Wildman–Crippen LogP) is 8.68. The summed E-state index contributed by atoms with van der Waals surface area (Å²) in [6.07, 6.45) is -4.21. The standard InChI is InChI=1S/C28H25BrCl2F3NO4/c1-2-3-21(16-4-6-18(7-5-16)27(38)35-13-12-24(36)37)26(17-8-10-19(30)11-9-17)39-20-14-22(28(32,33)34)25(31)23(29)15-20/h4-11,14-15,21,26H,2-3,12-13H2,1H3,(H,35,38)(H,36,37). The number of hydrogen-bond donors (Lipinski definition) is 2. The van der Waals surface area contributed by atoms with Gasteiger partial charge < -0.3 is 15.2 Å². The van der Waals surface area contributed by atoms with Crippen molar-refractivity contribution in [3.63, 3.8) is 0 Å². The number of alkyl halides is 3. The highest BCUT2D eigenvalue weighted by molar-refractivity contribution is 9.10. The van der Waals surface area contributed by atoms with Crippen molar-refractivity contribution in [3.05, 3.63) is 97.4 Å². The number of carbonyl (C=O) groups is 2. The Morgan fingerprint density at radius 2 is 1.64 bits per heavy atom. The van der Waals surface area contributed by atoms with Crippen molar-refractivity contribution in [1.82, 2.24) is 5.32 Å². The second-order valence-electron chi connectivity index (χ2n) is 8.77. The Bertz CT molecular complexity index is 1300. The summed E-state index contributed by atoms with van der Waals surface area (Å²) in [5, 5.41) is 11.4. The fraction of sp³-hybridized carbons (Fsp3) is 0.286. The molecule has 39 heavy (non-hydrogen) atoms. The zero-order chi connectivity index (χ0) is 28.7. The zero-order valence-corrected chi connectivity index (χ0v) is 23.8. The van der Waals surface area contributed by atoms with Gasteiger partial charge in [-0.25, -0.2) is 0 Å². The third kappa shape index (κ3) is 8.37. The molecule has 0 bridgehead atoms. The van der Waals surface area contributed by atoms with E-state index in [1.165, 1.54) is 6.07 Å². The minimum absolute atomic E-state index is 0.00256. The number of carboxylic acids is 1. The first-order valence-corrected chi connectivity index (χ1v) is 13.5. The van der Waals surface area contributed by atoms with Crippen LogP contribution in [0, 0.1) is 0 Å². The van der Waals surface area contributed by atoms with Crippen LogP contribution in [0.3, 0.4) is 0 Å². The number of benzene rings is 3. The quantitative estimate of drug-likeness (QED) is 0.219.